The maximum absolute atomic E-state index is 6.14. The van der Waals surface area contributed by atoms with E-state index in [0.29, 0.717) is 0 Å². The molecule has 0 saturated heterocycles. The Hall–Kier alpha value is -1.61. The van der Waals surface area contributed by atoms with Gasteiger partial charge >= 0.3 is 0 Å². The lowest BCUT2D eigenvalue weighted by Gasteiger charge is -2.20. The summed E-state index contributed by atoms with van der Waals surface area (Å²) >= 11 is 0. The van der Waals surface area contributed by atoms with Gasteiger partial charge in [0.25, 0.3) is 0 Å². The lowest BCUT2D eigenvalue weighted by atomic mass is 10.1. The zero-order valence-corrected chi connectivity index (χ0v) is 12.2. The summed E-state index contributed by atoms with van der Waals surface area (Å²) in [6.07, 6.45) is 5.58. The zero-order valence-electron chi connectivity index (χ0n) is 12.2. The molecule has 2 N–H and O–H groups in total. The van der Waals surface area contributed by atoms with E-state index in [1.807, 2.05) is 30.3 Å². The topological polar surface area (TPSA) is 42.1 Å². The van der Waals surface area contributed by atoms with Gasteiger partial charge in [-0.1, -0.05) is 31.0 Å². The number of pyridine rings is 1. The monoisotopic (exact) mass is 269 g/mol. The van der Waals surface area contributed by atoms with E-state index in [1.54, 1.807) is 0 Å². The lowest BCUT2D eigenvalue weighted by Crippen LogP contribution is -2.24. The maximum atomic E-state index is 6.14. The minimum absolute atomic E-state index is 0.833. The van der Waals surface area contributed by atoms with Crippen molar-refractivity contribution in [3.63, 3.8) is 0 Å². The number of hydrogen-bond donors (Lipinski definition) is 1. The molecule has 0 amide bonds. The fraction of sp³-hybridized carbons (Fsp3) is 0.471. The fourth-order valence-corrected chi connectivity index (χ4v) is 3.32. The Morgan fingerprint density at radius 2 is 2.00 bits per heavy atom. The van der Waals surface area contributed by atoms with Crippen molar-refractivity contribution in [1.82, 2.24) is 9.88 Å². The number of aromatic nitrogens is 1. The van der Waals surface area contributed by atoms with Crippen LogP contribution in [0.2, 0.25) is 0 Å². The Morgan fingerprint density at radius 1 is 1.25 bits per heavy atom. The van der Waals surface area contributed by atoms with Gasteiger partial charge in [-0.2, -0.15) is 0 Å². The standard InChI is InChI=1S/C17H23N3/c1-20(11-13-6-2-3-7-13)12-14-10-16(18)15-8-4-5-9-17(15)19-14/h4-5,8-10,13H,2-3,6-7,11-12H2,1H3,(H2,18,19). The highest BCUT2D eigenvalue weighted by atomic mass is 15.1. The molecule has 1 fully saturated rings. The van der Waals surface area contributed by atoms with Crippen molar-refractivity contribution in [2.24, 2.45) is 5.92 Å². The van der Waals surface area contributed by atoms with Gasteiger partial charge in [0.2, 0.25) is 0 Å². The molecular weight excluding hydrogens is 246 g/mol. The minimum Gasteiger partial charge on any atom is -0.398 e. The molecule has 0 bridgehead atoms. The third-order valence-electron chi connectivity index (χ3n) is 4.28. The molecule has 1 aromatic heterocycles. The van der Waals surface area contributed by atoms with Crippen LogP contribution in [0.25, 0.3) is 10.9 Å². The lowest BCUT2D eigenvalue weighted by molar-refractivity contribution is 0.269. The molecule has 0 spiro atoms. The van der Waals surface area contributed by atoms with Gasteiger partial charge in [0.15, 0.2) is 0 Å². The van der Waals surface area contributed by atoms with Crippen LogP contribution in [0.5, 0.6) is 0 Å². The van der Waals surface area contributed by atoms with E-state index >= 15 is 0 Å². The highest BCUT2D eigenvalue weighted by Gasteiger charge is 2.17. The molecular formula is C17H23N3. The van der Waals surface area contributed by atoms with Crippen molar-refractivity contribution in [3.05, 3.63) is 36.0 Å². The number of nitrogens with zero attached hydrogens (tertiary/aromatic N) is 2. The van der Waals surface area contributed by atoms with E-state index in [2.05, 4.69) is 11.9 Å². The van der Waals surface area contributed by atoms with E-state index in [0.717, 1.165) is 34.7 Å². The van der Waals surface area contributed by atoms with Crippen molar-refractivity contribution < 1.29 is 0 Å². The molecule has 1 aromatic carbocycles. The van der Waals surface area contributed by atoms with Gasteiger partial charge in [0.05, 0.1) is 11.2 Å². The normalized spacial score (nSPS) is 16.3. The fourth-order valence-electron chi connectivity index (χ4n) is 3.32. The Kier molecular flexibility index (Phi) is 3.88. The maximum Gasteiger partial charge on any atom is 0.0726 e. The highest BCUT2D eigenvalue weighted by molar-refractivity contribution is 5.90. The second-order valence-corrected chi connectivity index (χ2v) is 6.07. The van der Waals surface area contributed by atoms with E-state index < -0.39 is 0 Å². The van der Waals surface area contributed by atoms with E-state index in [1.165, 1.54) is 32.2 Å². The predicted molar refractivity (Wildman–Crippen MR) is 84.4 cm³/mol. The number of rotatable bonds is 4. The summed E-state index contributed by atoms with van der Waals surface area (Å²) in [5.41, 5.74) is 9.04. The smallest absolute Gasteiger partial charge is 0.0726 e. The Bertz CT molecular complexity index is 588. The number of fused-ring (bicyclic) bond motifs is 1. The summed E-state index contributed by atoms with van der Waals surface area (Å²) < 4.78 is 0. The van der Waals surface area contributed by atoms with Gasteiger partial charge in [0.1, 0.15) is 0 Å². The molecule has 0 unspecified atom stereocenters. The molecule has 2 aromatic rings. The summed E-state index contributed by atoms with van der Waals surface area (Å²) in [5, 5.41) is 1.05. The second-order valence-electron chi connectivity index (χ2n) is 6.07. The van der Waals surface area contributed by atoms with Crippen molar-refractivity contribution in [2.75, 3.05) is 19.3 Å². The predicted octanol–water partition coefficient (Wildman–Crippen LogP) is 3.44. The third-order valence-corrected chi connectivity index (χ3v) is 4.28. The zero-order chi connectivity index (χ0) is 13.9. The molecule has 1 aliphatic carbocycles. The molecule has 0 atom stereocenters. The molecule has 20 heavy (non-hydrogen) atoms. The van der Waals surface area contributed by atoms with Gasteiger partial charge in [-0.25, -0.2) is 0 Å². The second kappa shape index (κ2) is 5.80. The molecule has 1 saturated carbocycles. The van der Waals surface area contributed by atoms with Gasteiger partial charge in [-0.15, -0.1) is 0 Å². The molecule has 3 nitrogen and oxygen atoms in total. The van der Waals surface area contributed by atoms with Gasteiger partial charge < -0.3 is 10.6 Å². The van der Waals surface area contributed by atoms with Crippen LogP contribution in [0.3, 0.4) is 0 Å². The van der Waals surface area contributed by atoms with Crippen molar-refractivity contribution in [1.29, 1.82) is 0 Å². The summed E-state index contributed by atoms with van der Waals surface area (Å²) in [7, 11) is 2.19. The van der Waals surface area contributed by atoms with Crippen molar-refractivity contribution in [2.45, 2.75) is 32.2 Å². The van der Waals surface area contributed by atoms with Crippen LogP contribution in [0, 0.1) is 5.92 Å². The van der Waals surface area contributed by atoms with Crippen LogP contribution < -0.4 is 5.73 Å². The molecule has 3 heteroatoms. The summed E-state index contributed by atoms with van der Waals surface area (Å²) in [6.45, 7) is 2.06. The van der Waals surface area contributed by atoms with Crippen LogP contribution in [0.1, 0.15) is 31.4 Å². The molecule has 1 aliphatic rings. The third kappa shape index (κ3) is 2.93. The molecule has 1 heterocycles. The summed E-state index contributed by atoms with van der Waals surface area (Å²) in [5.74, 6) is 0.873. The first kappa shape index (κ1) is 13.4. The summed E-state index contributed by atoms with van der Waals surface area (Å²) in [6, 6.07) is 10.1. The van der Waals surface area contributed by atoms with E-state index in [-0.39, 0.29) is 0 Å². The number of nitrogen functional groups attached to an aromatic ring is 1. The number of anilines is 1. The molecule has 0 radical (unpaired) electrons. The highest BCUT2D eigenvalue weighted by Crippen LogP contribution is 2.26. The number of benzene rings is 1. The Morgan fingerprint density at radius 3 is 2.80 bits per heavy atom. The average molecular weight is 269 g/mol. The average Bonchev–Trinajstić information content (AvgIpc) is 2.91. The quantitative estimate of drug-likeness (QED) is 0.924. The molecule has 0 aliphatic heterocycles. The van der Waals surface area contributed by atoms with Gasteiger partial charge in [-0.05, 0) is 37.9 Å². The Labute approximate surface area is 120 Å². The van der Waals surface area contributed by atoms with Crippen molar-refractivity contribution in [3.8, 4) is 0 Å². The van der Waals surface area contributed by atoms with Crippen LogP contribution in [0.4, 0.5) is 5.69 Å². The van der Waals surface area contributed by atoms with Crippen LogP contribution >= 0.6 is 0 Å². The summed E-state index contributed by atoms with van der Waals surface area (Å²) in [4.78, 5) is 7.11. The Balaban J connectivity index is 1.73. The molecule has 106 valence electrons. The number of hydrogen-bond acceptors (Lipinski definition) is 3. The minimum atomic E-state index is 0.833. The molecule has 3 rings (SSSR count). The SMILES string of the molecule is CN(Cc1cc(N)c2ccccc2n1)CC1CCCC1. The first-order chi connectivity index (χ1) is 9.72. The first-order valence-electron chi connectivity index (χ1n) is 7.55. The van der Waals surface area contributed by atoms with Gasteiger partial charge in [-0.3, -0.25) is 4.98 Å². The number of nitrogens with two attached hydrogens (primary N) is 1. The van der Waals surface area contributed by atoms with Crippen LogP contribution in [-0.4, -0.2) is 23.5 Å². The van der Waals surface area contributed by atoms with Crippen LogP contribution in [-0.2, 0) is 6.54 Å². The van der Waals surface area contributed by atoms with E-state index in [9.17, 15) is 0 Å². The number of para-hydroxylation sites is 1. The van der Waals surface area contributed by atoms with Crippen LogP contribution in [0.15, 0.2) is 30.3 Å². The van der Waals surface area contributed by atoms with E-state index in [4.69, 9.17) is 10.7 Å². The van der Waals surface area contributed by atoms with Gasteiger partial charge in [0, 0.05) is 24.2 Å². The van der Waals surface area contributed by atoms with Crippen molar-refractivity contribution >= 4 is 16.6 Å². The largest absolute Gasteiger partial charge is 0.398 e. The first-order valence-corrected chi connectivity index (χ1v) is 7.55.